The van der Waals surface area contributed by atoms with Crippen LogP contribution in [0.15, 0.2) is 4.47 Å². The molecule has 1 aromatic rings. The number of hydrogen-bond donors (Lipinski definition) is 0. The van der Waals surface area contributed by atoms with Gasteiger partial charge in [0.25, 0.3) is 0 Å². The van der Waals surface area contributed by atoms with E-state index in [0.717, 1.165) is 5.69 Å². The van der Waals surface area contributed by atoms with Crippen LogP contribution < -0.4 is 0 Å². The molecule has 0 saturated carbocycles. The Morgan fingerprint density at radius 2 is 2.29 bits per heavy atom. The van der Waals surface area contributed by atoms with Crippen LogP contribution in [0.2, 0.25) is 0 Å². The van der Waals surface area contributed by atoms with Crippen molar-refractivity contribution in [2.45, 2.75) is 32.7 Å². The van der Waals surface area contributed by atoms with Crippen LogP contribution in [0.25, 0.3) is 0 Å². The van der Waals surface area contributed by atoms with E-state index in [1.165, 1.54) is 34.5 Å². The van der Waals surface area contributed by atoms with E-state index in [-0.39, 0.29) is 0 Å². The van der Waals surface area contributed by atoms with Crippen molar-refractivity contribution in [3.05, 3.63) is 15.9 Å². The Balaban J connectivity index is 2.26. The van der Waals surface area contributed by atoms with Crippen molar-refractivity contribution in [1.82, 2.24) is 9.78 Å². The first-order valence-electron chi connectivity index (χ1n) is 4.99. The molecule has 1 fully saturated rings. The van der Waals surface area contributed by atoms with Crippen LogP contribution in [0.1, 0.15) is 30.3 Å². The highest BCUT2D eigenvalue weighted by Gasteiger charge is 2.20. The fraction of sp³-hybridized carbons (Fsp3) is 0.700. The molecule has 4 heteroatoms. The first-order valence-corrected chi connectivity index (χ1v) is 6.94. The lowest BCUT2D eigenvalue weighted by molar-refractivity contribution is 0.444. The Morgan fingerprint density at radius 1 is 1.50 bits per heavy atom. The Morgan fingerprint density at radius 3 is 2.79 bits per heavy atom. The van der Waals surface area contributed by atoms with Gasteiger partial charge >= 0.3 is 0 Å². The van der Waals surface area contributed by atoms with Crippen molar-refractivity contribution in [3.63, 3.8) is 0 Å². The summed E-state index contributed by atoms with van der Waals surface area (Å²) in [7, 11) is 0. The number of aromatic nitrogens is 2. The molecule has 1 atom stereocenters. The number of nitrogens with zero attached hydrogens (tertiary/aromatic N) is 2. The summed E-state index contributed by atoms with van der Waals surface area (Å²) in [5.74, 6) is 2.53. The summed E-state index contributed by atoms with van der Waals surface area (Å²) in [6.45, 7) is 4.20. The molecular weight excluding hydrogens is 260 g/mol. The van der Waals surface area contributed by atoms with Gasteiger partial charge in [0.15, 0.2) is 0 Å². The highest BCUT2D eigenvalue weighted by molar-refractivity contribution is 9.10. The van der Waals surface area contributed by atoms with Crippen LogP contribution >= 0.6 is 27.7 Å². The van der Waals surface area contributed by atoms with E-state index >= 15 is 0 Å². The van der Waals surface area contributed by atoms with Gasteiger partial charge < -0.3 is 0 Å². The van der Waals surface area contributed by atoms with E-state index < -0.39 is 0 Å². The van der Waals surface area contributed by atoms with Crippen LogP contribution in [-0.2, 0) is 0 Å². The topological polar surface area (TPSA) is 17.8 Å². The number of aryl methyl sites for hydroxylation is 1. The molecule has 1 unspecified atom stereocenters. The van der Waals surface area contributed by atoms with Crippen molar-refractivity contribution in [1.29, 1.82) is 0 Å². The summed E-state index contributed by atoms with van der Waals surface area (Å²) in [5.41, 5.74) is 2.38. The summed E-state index contributed by atoms with van der Waals surface area (Å²) in [6.07, 6.45) is 2.60. The summed E-state index contributed by atoms with van der Waals surface area (Å²) < 4.78 is 3.37. The molecule has 0 N–H and O–H groups in total. The van der Waals surface area contributed by atoms with Gasteiger partial charge in [-0.25, -0.2) is 0 Å². The van der Waals surface area contributed by atoms with Gasteiger partial charge in [0.1, 0.15) is 0 Å². The molecular formula is C10H15BrN2S. The predicted octanol–water partition coefficient (Wildman–Crippen LogP) is 3.33. The van der Waals surface area contributed by atoms with Crippen LogP contribution in [0.5, 0.6) is 0 Å². The molecule has 1 saturated heterocycles. The van der Waals surface area contributed by atoms with Gasteiger partial charge in [0.05, 0.1) is 21.9 Å². The second kappa shape index (κ2) is 4.27. The predicted molar refractivity (Wildman–Crippen MR) is 65.0 cm³/mol. The number of halogens is 1. The molecule has 0 bridgehead atoms. The highest BCUT2D eigenvalue weighted by Crippen LogP contribution is 2.30. The molecule has 1 aliphatic rings. The number of rotatable bonds is 1. The summed E-state index contributed by atoms with van der Waals surface area (Å²) in [6, 6.07) is 0.610. The molecule has 78 valence electrons. The van der Waals surface area contributed by atoms with Crippen LogP contribution in [0.3, 0.4) is 0 Å². The molecule has 0 amide bonds. The zero-order valence-electron chi connectivity index (χ0n) is 8.59. The minimum atomic E-state index is 0.610. The Bertz CT molecular complexity index is 329. The zero-order valence-corrected chi connectivity index (χ0v) is 11.0. The Hall–Kier alpha value is 0.0400. The minimum absolute atomic E-state index is 0.610. The second-order valence-corrected chi connectivity index (χ2v) is 5.74. The lowest BCUT2D eigenvalue weighted by atomic mass is 10.2. The van der Waals surface area contributed by atoms with Gasteiger partial charge in [-0.2, -0.15) is 16.9 Å². The molecule has 0 spiro atoms. The smallest absolute Gasteiger partial charge is 0.0738 e. The van der Waals surface area contributed by atoms with E-state index in [2.05, 4.69) is 39.6 Å². The quantitative estimate of drug-likeness (QED) is 0.782. The van der Waals surface area contributed by atoms with Gasteiger partial charge in [-0.05, 0) is 48.4 Å². The summed E-state index contributed by atoms with van der Waals surface area (Å²) in [4.78, 5) is 0. The van der Waals surface area contributed by atoms with E-state index in [1.807, 2.05) is 11.8 Å². The van der Waals surface area contributed by atoms with Crippen molar-refractivity contribution in [3.8, 4) is 0 Å². The molecule has 2 nitrogen and oxygen atoms in total. The van der Waals surface area contributed by atoms with Gasteiger partial charge in [0.2, 0.25) is 0 Å². The van der Waals surface area contributed by atoms with E-state index in [4.69, 9.17) is 0 Å². The SMILES string of the molecule is Cc1nn(C2CCCSC2)c(C)c1Br. The van der Waals surface area contributed by atoms with Gasteiger partial charge in [-0.1, -0.05) is 0 Å². The molecule has 1 aromatic heterocycles. The third-order valence-electron chi connectivity index (χ3n) is 2.72. The Kier molecular flexibility index (Phi) is 3.22. The average Bonchev–Trinajstić information content (AvgIpc) is 2.47. The van der Waals surface area contributed by atoms with Crippen molar-refractivity contribution < 1.29 is 0 Å². The first-order chi connectivity index (χ1) is 6.70. The maximum Gasteiger partial charge on any atom is 0.0738 e. The first kappa shape index (κ1) is 10.6. The zero-order chi connectivity index (χ0) is 10.1. The monoisotopic (exact) mass is 274 g/mol. The average molecular weight is 275 g/mol. The third kappa shape index (κ3) is 1.87. The third-order valence-corrected chi connectivity index (χ3v) is 5.06. The number of thioether (sulfide) groups is 1. The van der Waals surface area contributed by atoms with Crippen molar-refractivity contribution >= 4 is 27.7 Å². The summed E-state index contributed by atoms with van der Waals surface area (Å²) >= 11 is 5.62. The molecule has 14 heavy (non-hydrogen) atoms. The summed E-state index contributed by atoms with van der Waals surface area (Å²) in [5, 5.41) is 4.59. The fourth-order valence-electron chi connectivity index (χ4n) is 1.91. The molecule has 0 aliphatic carbocycles. The highest BCUT2D eigenvalue weighted by atomic mass is 79.9. The second-order valence-electron chi connectivity index (χ2n) is 3.80. The molecule has 0 aromatic carbocycles. The largest absolute Gasteiger partial charge is 0.265 e. The molecule has 0 radical (unpaired) electrons. The van der Waals surface area contributed by atoms with Crippen LogP contribution in [0.4, 0.5) is 0 Å². The molecule has 1 aliphatic heterocycles. The number of hydrogen-bond acceptors (Lipinski definition) is 2. The van der Waals surface area contributed by atoms with Crippen LogP contribution in [0, 0.1) is 13.8 Å². The Labute approximate surface area is 97.6 Å². The van der Waals surface area contributed by atoms with Gasteiger partial charge in [-0.15, -0.1) is 0 Å². The molecule has 2 heterocycles. The van der Waals surface area contributed by atoms with Crippen molar-refractivity contribution in [2.24, 2.45) is 0 Å². The molecule has 2 rings (SSSR count). The van der Waals surface area contributed by atoms with Crippen LogP contribution in [-0.4, -0.2) is 21.3 Å². The van der Waals surface area contributed by atoms with E-state index in [9.17, 15) is 0 Å². The fourth-order valence-corrected chi connectivity index (χ4v) is 3.29. The van der Waals surface area contributed by atoms with Gasteiger partial charge in [0, 0.05) is 5.75 Å². The lowest BCUT2D eigenvalue weighted by Gasteiger charge is -2.22. The minimum Gasteiger partial charge on any atom is -0.265 e. The lowest BCUT2D eigenvalue weighted by Crippen LogP contribution is -2.18. The standard InChI is InChI=1S/C10H15BrN2S/c1-7-10(11)8(2)13(12-7)9-4-3-5-14-6-9/h9H,3-6H2,1-2H3. The maximum absolute atomic E-state index is 4.59. The van der Waals surface area contributed by atoms with Gasteiger partial charge in [-0.3, -0.25) is 4.68 Å². The van der Waals surface area contributed by atoms with Crippen molar-refractivity contribution in [2.75, 3.05) is 11.5 Å². The van der Waals surface area contributed by atoms with E-state index in [1.54, 1.807) is 0 Å². The maximum atomic E-state index is 4.59. The normalized spacial score (nSPS) is 22.6. The van der Waals surface area contributed by atoms with E-state index in [0.29, 0.717) is 6.04 Å².